The maximum Gasteiger partial charge on any atom is 0.255 e. The second-order valence-corrected chi connectivity index (χ2v) is 6.91. The van der Waals surface area contributed by atoms with Crippen molar-refractivity contribution in [1.82, 2.24) is 14.8 Å². The molecule has 0 N–H and O–H groups in total. The molecule has 2 heterocycles. The number of piperazine rings is 1. The Hall–Kier alpha value is -1.91. The summed E-state index contributed by atoms with van der Waals surface area (Å²) in [4.78, 5) is 21.2. The van der Waals surface area contributed by atoms with Crippen LogP contribution >= 0.6 is 11.6 Å². The Balaban J connectivity index is 1.68. The summed E-state index contributed by atoms with van der Waals surface area (Å²) in [6.45, 7) is 5.55. The van der Waals surface area contributed by atoms with E-state index in [9.17, 15) is 4.79 Å². The predicted molar refractivity (Wildman–Crippen MR) is 101 cm³/mol. The van der Waals surface area contributed by atoms with Crippen LogP contribution in [-0.4, -0.2) is 46.4 Å². The second-order valence-electron chi connectivity index (χ2n) is 6.52. The molecule has 1 aliphatic rings. The van der Waals surface area contributed by atoms with Gasteiger partial charge >= 0.3 is 0 Å². The molecular weight excluding hydrogens is 334 g/mol. The highest BCUT2D eigenvalue weighted by Gasteiger charge is 2.29. The van der Waals surface area contributed by atoms with Crippen molar-refractivity contribution >= 4 is 17.5 Å². The average molecular weight is 358 g/mol. The van der Waals surface area contributed by atoms with Crippen molar-refractivity contribution in [2.24, 2.45) is 0 Å². The normalized spacial score (nSPS) is 18.3. The van der Waals surface area contributed by atoms with E-state index < -0.39 is 0 Å². The number of hydrogen-bond donors (Lipinski definition) is 0. The first-order valence-corrected chi connectivity index (χ1v) is 9.24. The molecule has 0 aliphatic carbocycles. The quantitative estimate of drug-likeness (QED) is 0.762. The largest absolute Gasteiger partial charge is 0.336 e. The van der Waals surface area contributed by atoms with Crippen LogP contribution in [0.1, 0.15) is 35.7 Å². The third-order valence-corrected chi connectivity index (χ3v) is 4.94. The fraction of sp³-hybridized carbons (Fsp3) is 0.400. The molecule has 4 nitrogen and oxygen atoms in total. The van der Waals surface area contributed by atoms with Crippen LogP contribution in [0.2, 0.25) is 5.15 Å². The van der Waals surface area contributed by atoms with Crippen LogP contribution in [0.4, 0.5) is 0 Å². The number of carbonyl (C=O) groups excluding carboxylic acids is 1. The van der Waals surface area contributed by atoms with Gasteiger partial charge in [0.2, 0.25) is 0 Å². The molecule has 1 aliphatic heterocycles. The zero-order chi connectivity index (χ0) is 17.6. The minimum Gasteiger partial charge on any atom is -0.336 e. The summed E-state index contributed by atoms with van der Waals surface area (Å²) in [5, 5.41) is 0.410. The number of nitrogens with zero attached hydrogens (tertiary/aromatic N) is 3. The maximum atomic E-state index is 12.8. The molecule has 1 fully saturated rings. The van der Waals surface area contributed by atoms with Gasteiger partial charge in [-0.3, -0.25) is 9.69 Å². The van der Waals surface area contributed by atoms with Crippen molar-refractivity contribution < 1.29 is 4.79 Å². The van der Waals surface area contributed by atoms with Crippen LogP contribution in [0.5, 0.6) is 0 Å². The van der Waals surface area contributed by atoms with Crippen molar-refractivity contribution in [1.29, 1.82) is 0 Å². The van der Waals surface area contributed by atoms with Gasteiger partial charge in [0, 0.05) is 38.4 Å². The van der Waals surface area contributed by atoms with E-state index in [0.29, 0.717) is 16.8 Å². The topological polar surface area (TPSA) is 36.4 Å². The Bertz CT molecular complexity index is 690. The lowest BCUT2D eigenvalue weighted by atomic mass is 10.0. The Labute approximate surface area is 154 Å². The van der Waals surface area contributed by atoms with E-state index >= 15 is 0 Å². The number of amides is 1. The van der Waals surface area contributed by atoms with Gasteiger partial charge in [-0.25, -0.2) is 4.98 Å². The van der Waals surface area contributed by atoms with E-state index in [1.807, 2.05) is 11.0 Å². The molecule has 25 heavy (non-hydrogen) atoms. The van der Waals surface area contributed by atoms with Crippen molar-refractivity contribution in [3.63, 3.8) is 0 Å². The van der Waals surface area contributed by atoms with E-state index in [-0.39, 0.29) is 5.91 Å². The molecule has 1 atom stereocenters. The zero-order valence-corrected chi connectivity index (χ0v) is 15.3. The fourth-order valence-corrected chi connectivity index (χ4v) is 3.51. The molecule has 1 amide bonds. The van der Waals surface area contributed by atoms with Gasteiger partial charge in [-0.2, -0.15) is 0 Å². The molecule has 0 radical (unpaired) electrons. The maximum absolute atomic E-state index is 12.8. The zero-order valence-electron chi connectivity index (χ0n) is 14.6. The molecule has 0 saturated carbocycles. The first-order chi connectivity index (χ1) is 12.2. The van der Waals surface area contributed by atoms with Crippen LogP contribution in [-0.2, 0) is 6.54 Å². The number of rotatable bonds is 5. The van der Waals surface area contributed by atoms with E-state index in [2.05, 4.69) is 41.1 Å². The van der Waals surface area contributed by atoms with Crippen molar-refractivity contribution in [3.05, 3.63) is 64.9 Å². The first-order valence-electron chi connectivity index (χ1n) is 8.86. The van der Waals surface area contributed by atoms with Gasteiger partial charge in [-0.1, -0.05) is 55.3 Å². The third-order valence-electron chi connectivity index (χ3n) is 4.72. The van der Waals surface area contributed by atoms with Crippen LogP contribution in [0, 0.1) is 0 Å². The standard InChI is InChI=1S/C20H24ClN3O/c1-2-6-18-15-24(20(25)17-9-10-19(21)22-13-17)12-11-23(18)14-16-7-4-3-5-8-16/h3-5,7-10,13,18H,2,6,11-12,14-15H2,1H3/t18-/m0/s1. The summed E-state index contributed by atoms with van der Waals surface area (Å²) in [6, 6.07) is 14.4. The molecule has 1 aromatic heterocycles. The van der Waals surface area contributed by atoms with Crippen LogP contribution in [0.15, 0.2) is 48.7 Å². The van der Waals surface area contributed by atoms with Crippen molar-refractivity contribution in [3.8, 4) is 0 Å². The molecule has 0 bridgehead atoms. The summed E-state index contributed by atoms with van der Waals surface area (Å²) >= 11 is 5.82. The average Bonchev–Trinajstić information content (AvgIpc) is 2.64. The van der Waals surface area contributed by atoms with E-state index in [4.69, 9.17) is 11.6 Å². The number of aromatic nitrogens is 1. The summed E-state index contributed by atoms with van der Waals surface area (Å²) in [7, 11) is 0. The smallest absolute Gasteiger partial charge is 0.255 e. The van der Waals surface area contributed by atoms with Gasteiger partial charge in [0.1, 0.15) is 5.15 Å². The summed E-state index contributed by atoms with van der Waals surface area (Å²) < 4.78 is 0. The third kappa shape index (κ3) is 4.59. The van der Waals surface area contributed by atoms with Gasteiger partial charge in [-0.15, -0.1) is 0 Å². The minimum atomic E-state index is 0.0460. The molecule has 5 heteroatoms. The lowest BCUT2D eigenvalue weighted by molar-refractivity contribution is 0.0437. The summed E-state index contributed by atoms with van der Waals surface area (Å²) in [6.07, 6.45) is 3.77. The van der Waals surface area contributed by atoms with E-state index in [1.165, 1.54) is 5.56 Å². The molecule has 1 saturated heterocycles. The highest BCUT2D eigenvalue weighted by molar-refractivity contribution is 6.29. The fourth-order valence-electron chi connectivity index (χ4n) is 3.40. The van der Waals surface area contributed by atoms with Crippen LogP contribution in [0.3, 0.4) is 0 Å². The summed E-state index contributed by atoms with van der Waals surface area (Å²) in [5.41, 5.74) is 1.93. The second kappa shape index (κ2) is 8.45. The van der Waals surface area contributed by atoms with Crippen LogP contribution in [0.25, 0.3) is 0 Å². The molecule has 0 spiro atoms. The van der Waals surface area contributed by atoms with Gasteiger partial charge < -0.3 is 4.90 Å². The van der Waals surface area contributed by atoms with Gasteiger partial charge in [0.25, 0.3) is 5.91 Å². The molecular formula is C20H24ClN3O. The Kier molecular flexibility index (Phi) is 6.05. The van der Waals surface area contributed by atoms with Crippen molar-refractivity contribution in [2.75, 3.05) is 19.6 Å². The molecule has 1 aromatic carbocycles. The molecule has 3 rings (SSSR count). The number of halogens is 1. The SMILES string of the molecule is CCC[C@H]1CN(C(=O)c2ccc(Cl)nc2)CCN1Cc1ccccc1. The Morgan fingerprint density at radius 1 is 1.20 bits per heavy atom. The number of pyridine rings is 1. The summed E-state index contributed by atoms with van der Waals surface area (Å²) in [5.74, 6) is 0.0460. The number of carbonyl (C=O) groups is 1. The van der Waals surface area contributed by atoms with Gasteiger partial charge in [0.05, 0.1) is 5.56 Å². The van der Waals surface area contributed by atoms with Crippen LogP contribution < -0.4 is 0 Å². The van der Waals surface area contributed by atoms with E-state index in [0.717, 1.165) is 39.0 Å². The molecule has 132 valence electrons. The van der Waals surface area contributed by atoms with E-state index in [1.54, 1.807) is 18.3 Å². The lowest BCUT2D eigenvalue weighted by Crippen LogP contribution is -2.54. The predicted octanol–water partition coefficient (Wildman–Crippen LogP) is 3.86. The molecule has 2 aromatic rings. The lowest BCUT2D eigenvalue weighted by Gasteiger charge is -2.41. The highest BCUT2D eigenvalue weighted by atomic mass is 35.5. The van der Waals surface area contributed by atoms with Crippen molar-refractivity contribution in [2.45, 2.75) is 32.4 Å². The van der Waals surface area contributed by atoms with Gasteiger partial charge in [0.15, 0.2) is 0 Å². The minimum absolute atomic E-state index is 0.0460. The first kappa shape index (κ1) is 17.9. The number of hydrogen-bond acceptors (Lipinski definition) is 3. The number of benzene rings is 1. The highest BCUT2D eigenvalue weighted by Crippen LogP contribution is 2.19. The Morgan fingerprint density at radius 3 is 2.68 bits per heavy atom. The molecule has 0 unspecified atom stereocenters. The Morgan fingerprint density at radius 2 is 2.00 bits per heavy atom. The monoisotopic (exact) mass is 357 g/mol. The van der Waals surface area contributed by atoms with Gasteiger partial charge in [-0.05, 0) is 24.1 Å².